The maximum atomic E-state index is 14.0. The van der Waals surface area contributed by atoms with E-state index in [4.69, 9.17) is 4.74 Å². The van der Waals surface area contributed by atoms with E-state index in [-0.39, 0.29) is 49.9 Å². The third-order valence-corrected chi connectivity index (χ3v) is 9.29. The number of nitrogens with one attached hydrogen (secondary N) is 4. The van der Waals surface area contributed by atoms with Crippen molar-refractivity contribution in [3.8, 4) is 0 Å². The van der Waals surface area contributed by atoms with Crippen LogP contribution in [0.5, 0.6) is 0 Å². The lowest BCUT2D eigenvalue weighted by Crippen LogP contribution is -2.48. The van der Waals surface area contributed by atoms with E-state index >= 15 is 0 Å². The van der Waals surface area contributed by atoms with E-state index in [1.165, 1.54) is 7.11 Å². The van der Waals surface area contributed by atoms with E-state index in [1.54, 1.807) is 72.8 Å². The minimum atomic E-state index is -4.07. The molecule has 3 amide bonds. The largest absolute Gasteiger partial charge is 0.467 e. The summed E-state index contributed by atoms with van der Waals surface area (Å²) in [7, 11) is -2.86. The predicted octanol–water partition coefficient (Wildman–Crippen LogP) is 2.78. The normalized spacial score (nSPS) is 17.7. The van der Waals surface area contributed by atoms with Gasteiger partial charge in [-0.2, -0.15) is 4.72 Å². The van der Waals surface area contributed by atoms with Crippen molar-refractivity contribution >= 4 is 33.7 Å². The van der Waals surface area contributed by atoms with E-state index in [2.05, 4.69) is 20.7 Å². The molecule has 0 saturated carbocycles. The van der Waals surface area contributed by atoms with Gasteiger partial charge in [0, 0.05) is 19.5 Å². The van der Waals surface area contributed by atoms with Crippen LogP contribution in [0.3, 0.4) is 0 Å². The summed E-state index contributed by atoms with van der Waals surface area (Å²) >= 11 is 0. The van der Waals surface area contributed by atoms with Gasteiger partial charge in [0.15, 0.2) is 0 Å². The standard InChI is InChI=1S/C37H38N4O7S/c1-48-37(45)32-19-26-10-6-13-29(17-26)22-38-33(42)20-27-11-5-12-28(16-27)21-34(43)39-23-30-14-7-15-31(18-30)35(36(44)40-32)41-49(46,47)24-25-8-3-2-4-9-25/h2-18,32,35,41H,19-24H2,1H3,(H,38,42)(H,39,43)(H,40,44)/t32-,35?/m0/s1. The van der Waals surface area contributed by atoms with Crippen LogP contribution < -0.4 is 20.7 Å². The van der Waals surface area contributed by atoms with Crippen LogP contribution in [0.15, 0.2) is 103 Å². The minimum absolute atomic E-state index is 0.0442. The second kappa shape index (κ2) is 16.2. The number of sulfonamides is 1. The summed E-state index contributed by atoms with van der Waals surface area (Å²) in [5.41, 5.74) is 4.45. The molecule has 5 rings (SSSR count). The number of hydrogen-bond donors (Lipinski definition) is 4. The summed E-state index contributed by atoms with van der Waals surface area (Å²) in [6.07, 6.45) is 0.262. The third kappa shape index (κ3) is 10.3. The Kier molecular flexibility index (Phi) is 11.6. The van der Waals surface area contributed by atoms with Crippen LogP contribution in [0.25, 0.3) is 0 Å². The summed E-state index contributed by atoms with van der Waals surface area (Å²) in [6, 6.07) is 27.1. The van der Waals surface area contributed by atoms with Crippen LogP contribution in [0.4, 0.5) is 0 Å². The quantitative estimate of drug-likeness (QED) is 0.236. The van der Waals surface area contributed by atoms with Gasteiger partial charge >= 0.3 is 5.97 Å². The second-order valence-corrected chi connectivity index (χ2v) is 13.6. The summed E-state index contributed by atoms with van der Waals surface area (Å²) < 4.78 is 34.4. The fraction of sp³-hybridized carbons (Fsp3) is 0.243. The smallest absolute Gasteiger partial charge is 0.328 e. The van der Waals surface area contributed by atoms with Crippen LogP contribution in [-0.2, 0) is 72.0 Å². The molecule has 49 heavy (non-hydrogen) atoms. The Hall–Kier alpha value is -5.33. The van der Waals surface area contributed by atoms with Gasteiger partial charge in [-0.05, 0) is 38.9 Å². The Morgan fingerprint density at radius 2 is 1.29 bits per heavy atom. The molecule has 12 heteroatoms. The molecule has 0 aromatic heterocycles. The van der Waals surface area contributed by atoms with Gasteiger partial charge in [0.25, 0.3) is 0 Å². The Morgan fingerprint density at radius 3 is 1.92 bits per heavy atom. The molecular formula is C37H38N4O7S. The lowest BCUT2D eigenvalue weighted by molar-refractivity contribution is -0.145. The van der Waals surface area contributed by atoms with E-state index in [0.717, 1.165) is 16.7 Å². The van der Waals surface area contributed by atoms with E-state index < -0.39 is 34.0 Å². The molecule has 1 heterocycles. The van der Waals surface area contributed by atoms with Crippen molar-refractivity contribution < 1.29 is 32.3 Å². The maximum Gasteiger partial charge on any atom is 0.328 e. The number of methoxy groups -OCH3 is 1. The number of carbonyl (C=O) groups is 4. The Bertz CT molecular complexity index is 1930. The maximum absolute atomic E-state index is 14.0. The molecule has 2 atom stereocenters. The average Bonchev–Trinajstić information content (AvgIpc) is 3.08. The number of rotatable bonds is 5. The number of fused-ring (bicyclic) bond motifs is 6. The van der Waals surface area contributed by atoms with Crippen LogP contribution >= 0.6 is 0 Å². The van der Waals surface area contributed by atoms with Crippen molar-refractivity contribution in [3.05, 3.63) is 142 Å². The van der Waals surface area contributed by atoms with Gasteiger partial charge < -0.3 is 20.7 Å². The lowest BCUT2D eigenvalue weighted by Gasteiger charge is -2.23. The van der Waals surface area contributed by atoms with Crippen LogP contribution in [-0.4, -0.2) is 45.3 Å². The van der Waals surface area contributed by atoms with Crippen molar-refractivity contribution in [2.45, 2.75) is 50.2 Å². The molecule has 4 aromatic rings. The van der Waals surface area contributed by atoms with Crippen molar-refractivity contribution in [2.24, 2.45) is 0 Å². The zero-order valence-electron chi connectivity index (χ0n) is 27.0. The average molecular weight is 683 g/mol. The number of ether oxygens (including phenoxy) is 1. The number of amides is 3. The summed E-state index contributed by atoms with van der Waals surface area (Å²) in [5, 5.41) is 8.47. The number of carbonyl (C=O) groups excluding carboxylic acids is 4. The first kappa shape index (κ1) is 35.0. The molecule has 11 nitrogen and oxygen atoms in total. The fourth-order valence-electron chi connectivity index (χ4n) is 5.61. The van der Waals surface area contributed by atoms with E-state index in [1.807, 2.05) is 30.3 Å². The monoisotopic (exact) mass is 682 g/mol. The molecule has 254 valence electrons. The van der Waals surface area contributed by atoms with Gasteiger partial charge in [-0.3, -0.25) is 14.4 Å². The van der Waals surface area contributed by atoms with Crippen molar-refractivity contribution in [1.82, 2.24) is 20.7 Å². The molecule has 0 radical (unpaired) electrons. The molecule has 1 unspecified atom stereocenters. The highest BCUT2D eigenvalue weighted by molar-refractivity contribution is 7.88. The van der Waals surface area contributed by atoms with Crippen LogP contribution in [0.1, 0.15) is 45.0 Å². The Labute approximate surface area is 285 Å². The Balaban J connectivity index is 1.49. The van der Waals surface area contributed by atoms with Gasteiger partial charge in [0.1, 0.15) is 12.1 Å². The number of benzene rings is 4. The van der Waals surface area contributed by atoms with Gasteiger partial charge in [0.2, 0.25) is 27.7 Å². The van der Waals surface area contributed by atoms with Gasteiger partial charge in [-0.25, -0.2) is 13.2 Å². The van der Waals surface area contributed by atoms with Gasteiger partial charge in [-0.15, -0.1) is 0 Å². The first-order chi connectivity index (χ1) is 23.6. The molecule has 4 aromatic carbocycles. The molecule has 1 aliphatic rings. The zero-order valence-corrected chi connectivity index (χ0v) is 27.8. The molecular weight excluding hydrogens is 644 g/mol. The fourth-order valence-corrected chi connectivity index (χ4v) is 6.93. The summed E-state index contributed by atoms with van der Waals surface area (Å²) in [5.74, 6) is -2.31. The molecule has 0 aliphatic carbocycles. The lowest BCUT2D eigenvalue weighted by atomic mass is 10.0. The van der Waals surface area contributed by atoms with Crippen LogP contribution in [0, 0.1) is 0 Å². The topological polar surface area (TPSA) is 160 Å². The van der Waals surface area contributed by atoms with Gasteiger partial charge in [0.05, 0.1) is 25.7 Å². The van der Waals surface area contributed by atoms with E-state index in [9.17, 15) is 27.6 Å². The Morgan fingerprint density at radius 1 is 0.735 bits per heavy atom. The highest BCUT2D eigenvalue weighted by atomic mass is 32.2. The molecule has 0 fully saturated rings. The summed E-state index contributed by atoms with van der Waals surface area (Å²) in [4.78, 5) is 52.6. The van der Waals surface area contributed by atoms with Crippen molar-refractivity contribution in [2.75, 3.05) is 7.11 Å². The third-order valence-electron chi connectivity index (χ3n) is 7.98. The minimum Gasteiger partial charge on any atom is -0.467 e. The molecule has 6 bridgehead atoms. The van der Waals surface area contributed by atoms with Crippen LogP contribution in [0.2, 0.25) is 0 Å². The molecule has 4 N–H and O–H groups in total. The predicted molar refractivity (Wildman–Crippen MR) is 183 cm³/mol. The second-order valence-electron chi connectivity index (χ2n) is 11.9. The SMILES string of the molecule is COC(=O)[C@@H]1Cc2cccc(c2)CNC(=O)Cc2cccc(c2)CC(=O)NCc2cccc(c2)C(NS(=O)(=O)Cc2ccccc2)C(=O)N1. The van der Waals surface area contributed by atoms with Gasteiger partial charge in [-0.1, -0.05) is 103 Å². The number of esters is 1. The highest BCUT2D eigenvalue weighted by Gasteiger charge is 2.31. The van der Waals surface area contributed by atoms with Crippen molar-refractivity contribution in [3.63, 3.8) is 0 Å². The van der Waals surface area contributed by atoms with E-state index in [0.29, 0.717) is 22.3 Å². The first-order valence-electron chi connectivity index (χ1n) is 15.8. The molecule has 0 saturated heterocycles. The first-order valence-corrected chi connectivity index (χ1v) is 17.4. The summed E-state index contributed by atoms with van der Waals surface area (Å²) in [6.45, 7) is 0.340. The zero-order chi connectivity index (χ0) is 34.8. The highest BCUT2D eigenvalue weighted by Crippen LogP contribution is 2.20. The molecule has 1 aliphatic heterocycles. The van der Waals surface area contributed by atoms with Crippen molar-refractivity contribution in [1.29, 1.82) is 0 Å². The molecule has 0 spiro atoms. The number of hydrogen-bond acceptors (Lipinski definition) is 7.